The van der Waals surface area contributed by atoms with E-state index in [-0.39, 0.29) is 18.5 Å². The predicted molar refractivity (Wildman–Crippen MR) is 49.0 cm³/mol. The van der Waals surface area contributed by atoms with Gasteiger partial charge in [-0.1, -0.05) is 20.8 Å². The highest BCUT2D eigenvalue weighted by molar-refractivity contribution is 4.75. The van der Waals surface area contributed by atoms with Gasteiger partial charge in [0.2, 0.25) is 0 Å². The zero-order valence-corrected chi connectivity index (χ0v) is 8.72. The molecule has 0 aromatic carbocycles. The molecule has 0 amide bonds. The van der Waals surface area contributed by atoms with Gasteiger partial charge in [-0.2, -0.15) is 0 Å². The fourth-order valence-corrected chi connectivity index (χ4v) is 0.879. The summed E-state index contributed by atoms with van der Waals surface area (Å²) in [5.41, 5.74) is -0.254. The molecule has 0 heterocycles. The number of alkyl halides is 2. The Bertz CT molecular complexity index is 145. The molecule has 0 aliphatic heterocycles. The van der Waals surface area contributed by atoms with Crippen LogP contribution in [0.15, 0.2) is 0 Å². The molecule has 0 saturated carbocycles. The second-order valence-electron chi connectivity index (χ2n) is 4.49. The summed E-state index contributed by atoms with van der Waals surface area (Å²) in [6.07, 6.45) is -2.91. The number of hydrogen-bond acceptors (Lipinski definition) is 2. The molecule has 0 spiro atoms. The van der Waals surface area contributed by atoms with Gasteiger partial charge in [-0.05, 0) is 12.5 Å². The van der Waals surface area contributed by atoms with Crippen LogP contribution in [-0.2, 0) is 0 Å². The summed E-state index contributed by atoms with van der Waals surface area (Å²) < 4.78 is 23.8. The van der Waals surface area contributed by atoms with Crippen molar-refractivity contribution in [3.8, 4) is 0 Å². The molecular formula is C9H19F2NO. The third-order valence-corrected chi connectivity index (χ3v) is 1.93. The molecule has 0 fully saturated rings. The van der Waals surface area contributed by atoms with Gasteiger partial charge in [0.05, 0.1) is 12.6 Å². The molecule has 1 unspecified atom stereocenters. The number of rotatable bonds is 4. The lowest BCUT2D eigenvalue weighted by atomic mass is 9.89. The molecule has 0 aromatic rings. The Labute approximate surface area is 78.5 Å². The maximum atomic E-state index is 11.9. The highest BCUT2D eigenvalue weighted by Crippen LogP contribution is 2.19. The van der Waals surface area contributed by atoms with Crippen molar-refractivity contribution in [2.45, 2.75) is 33.3 Å². The summed E-state index contributed by atoms with van der Waals surface area (Å²) in [6, 6.07) is 0. The third kappa shape index (κ3) is 5.93. The topological polar surface area (TPSA) is 23.5 Å². The van der Waals surface area contributed by atoms with Crippen molar-refractivity contribution in [3.05, 3.63) is 0 Å². The summed E-state index contributed by atoms with van der Waals surface area (Å²) in [5.74, 6) is 0. The molecule has 0 rings (SSSR count). The molecule has 1 atom stereocenters. The molecule has 1 N–H and O–H groups in total. The van der Waals surface area contributed by atoms with E-state index in [1.807, 2.05) is 20.8 Å². The van der Waals surface area contributed by atoms with Crippen LogP contribution >= 0.6 is 0 Å². The highest BCUT2D eigenvalue weighted by Gasteiger charge is 2.23. The van der Waals surface area contributed by atoms with E-state index in [4.69, 9.17) is 0 Å². The van der Waals surface area contributed by atoms with Crippen LogP contribution in [0, 0.1) is 5.41 Å². The van der Waals surface area contributed by atoms with Crippen LogP contribution in [0.5, 0.6) is 0 Å². The van der Waals surface area contributed by atoms with Crippen LogP contribution in [0.1, 0.15) is 20.8 Å². The van der Waals surface area contributed by atoms with Gasteiger partial charge in [-0.15, -0.1) is 0 Å². The molecule has 2 nitrogen and oxygen atoms in total. The fourth-order valence-electron chi connectivity index (χ4n) is 0.879. The third-order valence-electron chi connectivity index (χ3n) is 1.93. The maximum Gasteiger partial charge on any atom is 0.251 e. The number of halogens is 2. The van der Waals surface area contributed by atoms with Crippen LogP contribution in [0.4, 0.5) is 8.78 Å². The average molecular weight is 195 g/mol. The monoisotopic (exact) mass is 195 g/mol. The number of aliphatic hydroxyl groups is 1. The minimum Gasteiger partial charge on any atom is -0.391 e. The molecule has 0 radical (unpaired) electrons. The summed E-state index contributed by atoms with van der Waals surface area (Å²) in [7, 11) is 1.58. The van der Waals surface area contributed by atoms with Gasteiger partial charge in [-0.25, -0.2) is 8.78 Å². The minimum absolute atomic E-state index is 0.254. The van der Waals surface area contributed by atoms with E-state index in [2.05, 4.69) is 0 Å². The van der Waals surface area contributed by atoms with Crippen LogP contribution in [0.2, 0.25) is 0 Å². The molecule has 13 heavy (non-hydrogen) atoms. The first-order valence-electron chi connectivity index (χ1n) is 4.38. The Morgan fingerprint density at radius 3 is 2.00 bits per heavy atom. The second-order valence-corrected chi connectivity index (χ2v) is 4.49. The Balaban J connectivity index is 3.85. The van der Waals surface area contributed by atoms with E-state index in [0.29, 0.717) is 0 Å². The minimum atomic E-state index is -2.34. The molecule has 80 valence electrons. The van der Waals surface area contributed by atoms with E-state index in [0.717, 1.165) is 0 Å². The summed E-state index contributed by atoms with van der Waals surface area (Å²) >= 11 is 0. The van der Waals surface area contributed by atoms with Gasteiger partial charge in [0.15, 0.2) is 0 Å². The van der Waals surface area contributed by atoms with Crippen molar-refractivity contribution >= 4 is 0 Å². The lowest BCUT2D eigenvalue weighted by Crippen LogP contribution is -2.39. The van der Waals surface area contributed by atoms with Crippen molar-refractivity contribution < 1.29 is 13.9 Å². The summed E-state index contributed by atoms with van der Waals surface area (Å²) in [6.45, 7) is 5.65. The van der Waals surface area contributed by atoms with Gasteiger partial charge < -0.3 is 5.11 Å². The molecule has 4 heteroatoms. The first kappa shape index (κ1) is 12.8. The quantitative estimate of drug-likeness (QED) is 0.736. The Morgan fingerprint density at radius 2 is 1.69 bits per heavy atom. The lowest BCUT2D eigenvalue weighted by molar-refractivity contribution is 0.0174. The van der Waals surface area contributed by atoms with Crippen molar-refractivity contribution in [2.75, 3.05) is 20.1 Å². The first-order valence-corrected chi connectivity index (χ1v) is 4.38. The van der Waals surface area contributed by atoms with Gasteiger partial charge in [0.1, 0.15) is 0 Å². The predicted octanol–water partition coefficient (Wildman–Crippen LogP) is 1.59. The maximum absolute atomic E-state index is 11.9. The zero-order chi connectivity index (χ0) is 10.6. The van der Waals surface area contributed by atoms with Crippen LogP contribution < -0.4 is 0 Å². The molecule has 0 aliphatic carbocycles. The standard InChI is InChI=1S/C9H19F2NO/c1-9(2,3)7(13)5-12(4)6-8(10)11/h7-8,13H,5-6H2,1-4H3. The van der Waals surface area contributed by atoms with Crippen molar-refractivity contribution in [1.82, 2.24) is 4.90 Å². The molecule has 0 bridgehead atoms. The molecular weight excluding hydrogens is 176 g/mol. The fraction of sp³-hybridized carbons (Fsp3) is 1.00. The average Bonchev–Trinajstić information content (AvgIpc) is 1.82. The van der Waals surface area contributed by atoms with Crippen molar-refractivity contribution in [2.24, 2.45) is 5.41 Å². The van der Waals surface area contributed by atoms with Gasteiger partial charge in [-0.3, -0.25) is 4.90 Å². The van der Waals surface area contributed by atoms with Gasteiger partial charge in [0, 0.05) is 6.54 Å². The Hall–Kier alpha value is -0.220. The first-order chi connectivity index (χ1) is 5.73. The lowest BCUT2D eigenvalue weighted by Gasteiger charge is -2.29. The summed E-state index contributed by atoms with van der Waals surface area (Å²) in [4.78, 5) is 1.45. The normalized spacial score (nSPS) is 15.5. The van der Waals surface area contributed by atoms with Crippen LogP contribution in [0.25, 0.3) is 0 Å². The van der Waals surface area contributed by atoms with Gasteiger partial charge in [0.25, 0.3) is 6.43 Å². The number of nitrogens with zero attached hydrogens (tertiary/aromatic N) is 1. The van der Waals surface area contributed by atoms with Crippen LogP contribution in [0.3, 0.4) is 0 Å². The Morgan fingerprint density at radius 1 is 1.23 bits per heavy atom. The number of hydrogen-bond donors (Lipinski definition) is 1. The number of aliphatic hydroxyl groups excluding tert-OH is 1. The largest absolute Gasteiger partial charge is 0.391 e. The van der Waals surface area contributed by atoms with Gasteiger partial charge >= 0.3 is 0 Å². The molecule has 0 aliphatic rings. The number of likely N-dealkylation sites (N-methyl/N-ethyl adjacent to an activating group) is 1. The van der Waals surface area contributed by atoms with E-state index in [9.17, 15) is 13.9 Å². The van der Waals surface area contributed by atoms with E-state index in [1.54, 1.807) is 7.05 Å². The molecule has 0 aromatic heterocycles. The smallest absolute Gasteiger partial charge is 0.251 e. The highest BCUT2D eigenvalue weighted by atomic mass is 19.3. The second kappa shape index (κ2) is 4.86. The van der Waals surface area contributed by atoms with E-state index < -0.39 is 12.5 Å². The molecule has 0 saturated heterocycles. The zero-order valence-electron chi connectivity index (χ0n) is 8.72. The van der Waals surface area contributed by atoms with E-state index in [1.165, 1.54) is 4.90 Å². The van der Waals surface area contributed by atoms with Crippen LogP contribution in [-0.4, -0.2) is 42.7 Å². The van der Waals surface area contributed by atoms with Crippen molar-refractivity contribution in [3.63, 3.8) is 0 Å². The van der Waals surface area contributed by atoms with E-state index >= 15 is 0 Å². The SMILES string of the molecule is CN(CC(F)F)CC(O)C(C)(C)C. The Kier molecular flexibility index (Phi) is 4.78. The summed E-state index contributed by atoms with van der Waals surface area (Å²) in [5, 5.41) is 9.58. The van der Waals surface area contributed by atoms with Crippen molar-refractivity contribution in [1.29, 1.82) is 0 Å².